The Balaban J connectivity index is 2.11. The Labute approximate surface area is 111 Å². The molecule has 1 fully saturated rings. The van der Waals surface area contributed by atoms with Crippen molar-refractivity contribution in [3.8, 4) is 0 Å². The highest BCUT2D eigenvalue weighted by Gasteiger charge is 2.18. The molecule has 1 aromatic heterocycles. The fraction of sp³-hybridized carbons (Fsp3) is 0.357. The molecule has 1 aliphatic heterocycles. The second kappa shape index (κ2) is 4.93. The molecule has 1 aliphatic rings. The van der Waals surface area contributed by atoms with E-state index >= 15 is 0 Å². The van der Waals surface area contributed by atoms with Crippen LogP contribution in [0.2, 0.25) is 0 Å². The first kappa shape index (κ1) is 12.0. The van der Waals surface area contributed by atoms with Crippen molar-refractivity contribution in [2.75, 3.05) is 24.5 Å². The lowest BCUT2D eigenvalue weighted by Crippen LogP contribution is -2.49. The van der Waals surface area contributed by atoms with Crippen molar-refractivity contribution in [3.63, 3.8) is 0 Å². The maximum absolute atomic E-state index is 11.1. The highest BCUT2D eigenvalue weighted by molar-refractivity contribution is 6.01. The van der Waals surface area contributed by atoms with Crippen molar-refractivity contribution in [1.29, 1.82) is 0 Å². The van der Waals surface area contributed by atoms with Crippen LogP contribution in [-0.4, -0.2) is 41.9 Å². The number of fused-ring (bicyclic) bond motifs is 1. The summed E-state index contributed by atoms with van der Waals surface area (Å²) in [7, 11) is 0. The standard InChI is InChI=1S/C14H16N4O/c1-10-7-18(5-4-16-10)13-3-2-11(8-19)14-12(13)6-15-9-17-14/h2-3,6,8-10,16H,4-5,7H2,1H3. The van der Waals surface area contributed by atoms with Crippen LogP contribution in [0.4, 0.5) is 5.69 Å². The van der Waals surface area contributed by atoms with E-state index in [9.17, 15) is 4.79 Å². The minimum absolute atomic E-state index is 0.458. The largest absolute Gasteiger partial charge is 0.368 e. The minimum Gasteiger partial charge on any atom is -0.368 e. The van der Waals surface area contributed by atoms with Crippen LogP contribution in [-0.2, 0) is 0 Å². The second-order valence-corrected chi connectivity index (χ2v) is 4.88. The highest BCUT2D eigenvalue weighted by atomic mass is 16.1. The zero-order valence-electron chi connectivity index (χ0n) is 10.8. The van der Waals surface area contributed by atoms with Gasteiger partial charge in [-0.25, -0.2) is 9.97 Å². The summed E-state index contributed by atoms with van der Waals surface area (Å²) in [5.41, 5.74) is 2.45. The van der Waals surface area contributed by atoms with Crippen molar-refractivity contribution >= 4 is 22.9 Å². The van der Waals surface area contributed by atoms with Crippen molar-refractivity contribution < 1.29 is 4.79 Å². The Morgan fingerprint density at radius 2 is 2.37 bits per heavy atom. The van der Waals surface area contributed by atoms with Crippen LogP contribution in [0.5, 0.6) is 0 Å². The summed E-state index contributed by atoms with van der Waals surface area (Å²) < 4.78 is 0. The predicted octanol–water partition coefficient (Wildman–Crippen LogP) is 1.24. The van der Waals surface area contributed by atoms with Gasteiger partial charge >= 0.3 is 0 Å². The van der Waals surface area contributed by atoms with Gasteiger partial charge in [-0.2, -0.15) is 0 Å². The lowest BCUT2D eigenvalue weighted by Gasteiger charge is -2.34. The molecule has 1 aromatic carbocycles. The first-order valence-electron chi connectivity index (χ1n) is 6.46. The third-order valence-corrected chi connectivity index (χ3v) is 3.52. The number of hydrogen-bond donors (Lipinski definition) is 1. The number of carbonyl (C=O) groups excluding carboxylic acids is 1. The minimum atomic E-state index is 0.458. The highest BCUT2D eigenvalue weighted by Crippen LogP contribution is 2.27. The Morgan fingerprint density at radius 3 is 3.16 bits per heavy atom. The van der Waals surface area contributed by atoms with Gasteiger partial charge in [0.05, 0.1) is 5.52 Å². The fourth-order valence-electron chi connectivity index (χ4n) is 2.61. The Morgan fingerprint density at radius 1 is 1.47 bits per heavy atom. The number of benzene rings is 1. The molecule has 2 aromatic rings. The lowest BCUT2D eigenvalue weighted by atomic mass is 10.1. The monoisotopic (exact) mass is 256 g/mol. The Bertz CT molecular complexity index is 613. The van der Waals surface area contributed by atoms with Crippen LogP contribution in [0.15, 0.2) is 24.7 Å². The molecule has 0 radical (unpaired) electrons. The van der Waals surface area contributed by atoms with Crippen molar-refractivity contribution in [1.82, 2.24) is 15.3 Å². The quantitative estimate of drug-likeness (QED) is 0.819. The van der Waals surface area contributed by atoms with E-state index in [0.717, 1.165) is 42.5 Å². The number of piperazine rings is 1. The molecule has 1 saturated heterocycles. The number of rotatable bonds is 2. The Hall–Kier alpha value is -2.01. The second-order valence-electron chi connectivity index (χ2n) is 4.88. The van der Waals surface area contributed by atoms with Gasteiger partial charge < -0.3 is 10.2 Å². The van der Waals surface area contributed by atoms with Gasteiger partial charge in [-0.1, -0.05) is 0 Å². The van der Waals surface area contributed by atoms with Gasteiger partial charge in [0.15, 0.2) is 6.29 Å². The number of aldehydes is 1. The molecule has 0 saturated carbocycles. The van der Waals surface area contributed by atoms with E-state index in [2.05, 4.69) is 27.1 Å². The Kier molecular flexibility index (Phi) is 3.13. The van der Waals surface area contributed by atoms with E-state index in [1.807, 2.05) is 12.1 Å². The number of nitrogens with one attached hydrogen (secondary N) is 1. The molecular formula is C14H16N4O. The summed E-state index contributed by atoms with van der Waals surface area (Å²) in [5.74, 6) is 0. The van der Waals surface area contributed by atoms with Gasteiger partial charge in [0, 0.05) is 48.5 Å². The van der Waals surface area contributed by atoms with Crippen LogP contribution in [0.3, 0.4) is 0 Å². The molecule has 1 atom stereocenters. The molecule has 0 bridgehead atoms. The van der Waals surface area contributed by atoms with Crippen LogP contribution < -0.4 is 10.2 Å². The predicted molar refractivity (Wildman–Crippen MR) is 74.6 cm³/mol. The van der Waals surface area contributed by atoms with Crippen LogP contribution in [0, 0.1) is 0 Å². The smallest absolute Gasteiger partial charge is 0.152 e. The summed E-state index contributed by atoms with van der Waals surface area (Å²) in [4.78, 5) is 21.7. The zero-order chi connectivity index (χ0) is 13.2. The third-order valence-electron chi connectivity index (χ3n) is 3.52. The molecule has 0 amide bonds. The number of hydrogen-bond acceptors (Lipinski definition) is 5. The molecule has 1 unspecified atom stereocenters. The summed E-state index contributed by atoms with van der Waals surface area (Å²) in [6, 6.07) is 4.29. The molecule has 2 heterocycles. The average Bonchev–Trinajstić information content (AvgIpc) is 2.46. The normalized spacial score (nSPS) is 19.6. The summed E-state index contributed by atoms with van der Waals surface area (Å²) in [5, 5.41) is 4.37. The van der Waals surface area contributed by atoms with Crippen molar-refractivity contribution in [2.45, 2.75) is 13.0 Å². The number of nitrogens with zero attached hydrogens (tertiary/aromatic N) is 3. The maximum Gasteiger partial charge on any atom is 0.152 e. The molecule has 3 rings (SSSR count). The summed E-state index contributed by atoms with van der Waals surface area (Å²) in [6.07, 6.45) is 4.12. The van der Waals surface area contributed by atoms with E-state index in [0.29, 0.717) is 11.6 Å². The van der Waals surface area contributed by atoms with Crippen molar-refractivity contribution in [2.24, 2.45) is 0 Å². The molecule has 0 aliphatic carbocycles. The molecule has 5 heteroatoms. The molecule has 5 nitrogen and oxygen atoms in total. The number of carbonyl (C=O) groups is 1. The average molecular weight is 256 g/mol. The van der Waals surface area contributed by atoms with E-state index in [1.54, 1.807) is 6.20 Å². The first-order valence-corrected chi connectivity index (χ1v) is 6.46. The van der Waals surface area contributed by atoms with Crippen LogP contribution in [0.1, 0.15) is 17.3 Å². The zero-order valence-corrected chi connectivity index (χ0v) is 10.8. The van der Waals surface area contributed by atoms with Gasteiger partial charge in [-0.3, -0.25) is 4.79 Å². The van der Waals surface area contributed by atoms with Crippen LogP contribution >= 0.6 is 0 Å². The molecule has 19 heavy (non-hydrogen) atoms. The van der Waals surface area contributed by atoms with Crippen LogP contribution in [0.25, 0.3) is 10.9 Å². The lowest BCUT2D eigenvalue weighted by molar-refractivity contribution is 0.112. The third kappa shape index (κ3) is 2.17. The molecule has 1 N–H and O–H groups in total. The summed E-state index contributed by atoms with van der Waals surface area (Å²) in [6.45, 7) is 5.04. The summed E-state index contributed by atoms with van der Waals surface area (Å²) >= 11 is 0. The van der Waals surface area contributed by atoms with E-state index < -0.39 is 0 Å². The topological polar surface area (TPSA) is 58.1 Å². The molecular weight excluding hydrogens is 240 g/mol. The van der Waals surface area contributed by atoms with E-state index in [4.69, 9.17) is 0 Å². The molecule has 98 valence electrons. The molecule has 0 spiro atoms. The van der Waals surface area contributed by atoms with Gasteiger partial charge in [0.25, 0.3) is 0 Å². The fourth-order valence-corrected chi connectivity index (χ4v) is 2.61. The van der Waals surface area contributed by atoms with Gasteiger partial charge in [0.2, 0.25) is 0 Å². The maximum atomic E-state index is 11.1. The first-order chi connectivity index (χ1) is 9.29. The van der Waals surface area contributed by atoms with Gasteiger partial charge in [0.1, 0.15) is 6.33 Å². The van der Waals surface area contributed by atoms with Gasteiger partial charge in [-0.05, 0) is 19.1 Å². The van der Waals surface area contributed by atoms with E-state index in [1.165, 1.54) is 6.33 Å². The SMILES string of the molecule is CC1CN(c2ccc(C=O)c3ncncc23)CCN1. The van der Waals surface area contributed by atoms with E-state index in [-0.39, 0.29) is 0 Å². The van der Waals surface area contributed by atoms with Crippen molar-refractivity contribution in [3.05, 3.63) is 30.2 Å². The number of aromatic nitrogens is 2. The number of anilines is 1. The van der Waals surface area contributed by atoms with Gasteiger partial charge in [-0.15, -0.1) is 0 Å².